The average molecular weight is 329 g/mol. The predicted molar refractivity (Wildman–Crippen MR) is 86.8 cm³/mol. The minimum atomic E-state index is -1.35. The molecule has 0 radical (unpaired) electrons. The Balaban J connectivity index is 2.05. The molecule has 124 valence electrons. The Kier molecular flexibility index (Phi) is 5.58. The number of aliphatic hydroxyl groups excluding tert-OH is 1. The highest BCUT2D eigenvalue weighted by atomic mass is 16.6. The maximum Gasteiger partial charge on any atom is 0.311 e. The Bertz CT molecular complexity index is 762. The van der Waals surface area contributed by atoms with Crippen molar-refractivity contribution in [3.05, 3.63) is 69.8 Å². The van der Waals surface area contributed by atoms with Crippen LogP contribution < -0.4 is 10.2 Å². The number of nitro groups is 1. The zero-order valence-corrected chi connectivity index (χ0v) is 12.7. The number of nitrogens with one attached hydrogen (secondary N) is 1. The van der Waals surface area contributed by atoms with Crippen molar-refractivity contribution in [2.45, 2.75) is 6.10 Å². The number of hydrazone groups is 1. The normalized spacial score (nSPS) is 11.9. The number of ether oxygens (including phenoxy) is 1. The molecule has 8 heteroatoms. The van der Waals surface area contributed by atoms with Crippen LogP contribution in [0.3, 0.4) is 0 Å². The monoisotopic (exact) mass is 329 g/mol. The Labute approximate surface area is 137 Å². The molecule has 0 aliphatic rings. The van der Waals surface area contributed by atoms with Crippen molar-refractivity contribution in [2.24, 2.45) is 5.10 Å². The number of rotatable bonds is 6. The van der Waals surface area contributed by atoms with Crippen LogP contribution in [0.5, 0.6) is 5.75 Å². The van der Waals surface area contributed by atoms with Crippen molar-refractivity contribution >= 4 is 17.8 Å². The second-order valence-corrected chi connectivity index (χ2v) is 4.74. The SMILES string of the molecule is COc1ccc(/C=N/NC(=O)C(O)c2ccccc2)cc1[N+](=O)[O-]. The summed E-state index contributed by atoms with van der Waals surface area (Å²) in [7, 11) is 1.33. The van der Waals surface area contributed by atoms with E-state index in [9.17, 15) is 20.0 Å². The molecule has 8 nitrogen and oxygen atoms in total. The van der Waals surface area contributed by atoms with Crippen molar-refractivity contribution in [2.75, 3.05) is 7.11 Å². The molecule has 0 bridgehead atoms. The number of carbonyl (C=O) groups excluding carboxylic acids is 1. The second kappa shape index (κ2) is 7.84. The fraction of sp³-hybridized carbons (Fsp3) is 0.125. The maximum atomic E-state index is 11.8. The Morgan fingerprint density at radius 3 is 2.67 bits per heavy atom. The van der Waals surface area contributed by atoms with Gasteiger partial charge in [0.05, 0.1) is 18.2 Å². The first-order valence-electron chi connectivity index (χ1n) is 6.91. The lowest BCUT2D eigenvalue weighted by atomic mass is 10.1. The van der Waals surface area contributed by atoms with Gasteiger partial charge in [0.1, 0.15) is 0 Å². The first kappa shape index (κ1) is 17.1. The van der Waals surface area contributed by atoms with E-state index in [4.69, 9.17) is 4.74 Å². The largest absolute Gasteiger partial charge is 0.490 e. The van der Waals surface area contributed by atoms with Gasteiger partial charge in [0.15, 0.2) is 11.9 Å². The van der Waals surface area contributed by atoms with Crippen LogP contribution in [0, 0.1) is 10.1 Å². The highest BCUT2D eigenvalue weighted by Crippen LogP contribution is 2.26. The molecule has 1 amide bonds. The Hall–Kier alpha value is -3.26. The molecule has 2 rings (SSSR count). The van der Waals surface area contributed by atoms with Gasteiger partial charge >= 0.3 is 5.69 Å². The van der Waals surface area contributed by atoms with Crippen LogP contribution in [-0.2, 0) is 4.79 Å². The fourth-order valence-electron chi connectivity index (χ4n) is 1.95. The summed E-state index contributed by atoms with van der Waals surface area (Å²) in [5.74, 6) is -0.582. The Morgan fingerprint density at radius 2 is 2.04 bits per heavy atom. The minimum absolute atomic E-state index is 0.126. The van der Waals surface area contributed by atoms with Crippen LogP contribution in [0.25, 0.3) is 0 Å². The van der Waals surface area contributed by atoms with Crippen LogP contribution in [0.15, 0.2) is 53.6 Å². The van der Waals surface area contributed by atoms with E-state index in [0.29, 0.717) is 11.1 Å². The number of amides is 1. The molecule has 0 aromatic heterocycles. The Morgan fingerprint density at radius 1 is 1.33 bits per heavy atom. The van der Waals surface area contributed by atoms with Gasteiger partial charge in [-0.25, -0.2) is 5.43 Å². The number of aliphatic hydroxyl groups is 1. The number of carbonyl (C=O) groups is 1. The van der Waals surface area contributed by atoms with E-state index < -0.39 is 16.9 Å². The number of benzene rings is 2. The standard InChI is InChI=1S/C16H15N3O5/c1-24-14-8-7-11(9-13(14)19(22)23)10-17-18-16(21)15(20)12-5-3-2-4-6-12/h2-10,15,20H,1H3,(H,18,21)/b17-10+. The molecule has 0 fully saturated rings. The van der Waals surface area contributed by atoms with E-state index in [2.05, 4.69) is 10.5 Å². The quantitative estimate of drug-likeness (QED) is 0.476. The highest BCUT2D eigenvalue weighted by Gasteiger charge is 2.16. The first-order valence-corrected chi connectivity index (χ1v) is 6.91. The van der Waals surface area contributed by atoms with Crippen molar-refractivity contribution in [3.63, 3.8) is 0 Å². The molecule has 1 unspecified atom stereocenters. The molecule has 2 aromatic rings. The number of hydrogen-bond donors (Lipinski definition) is 2. The number of nitro benzene ring substituents is 1. The zero-order chi connectivity index (χ0) is 17.5. The molecule has 2 N–H and O–H groups in total. The van der Waals surface area contributed by atoms with Gasteiger partial charge in [0.25, 0.3) is 5.91 Å². The number of hydrogen-bond acceptors (Lipinski definition) is 6. The van der Waals surface area contributed by atoms with E-state index in [1.165, 1.54) is 25.5 Å². The molecule has 24 heavy (non-hydrogen) atoms. The van der Waals surface area contributed by atoms with E-state index in [1.54, 1.807) is 36.4 Å². The lowest BCUT2D eigenvalue weighted by Crippen LogP contribution is -2.25. The molecule has 0 spiro atoms. The molecule has 0 saturated carbocycles. The van der Waals surface area contributed by atoms with Gasteiger partial charge in [-0.1, -0.05) is 30.3 Å². The zero-order valence-electron chi connectivity index (χ0n) is 12.7. The van der Waals surface area contributed by atoms with E-state index >= 15 is 0 Å². The smallest absolute Gasteiger partial charge is 0.311 e. The summed E-state index contributed by atoms with van der Waals surface area (Å²) < 4.78 is 4.90. The summed E-state index contributed by atoms with van der Waals surface area (Å²) >= 11 is 0. The van der Waals surface area contributed by atoms with E-state index in [1.807, 2.05) is 0 Å². The van der Waals surface area contributed by atoms with Gasteiger partial charge in [0.2, 0.25) is 0 Å². The number of nitrogens with zero attached hydrogens (tertiary/aromatic N) is 2. The third-order valence-electron chi connectivity index (χ3n) is 3.15. The minimum Gasteiger partial charge on any atom is -0.490 e. The van der Waals surface area contributed by atoms with Crippen LogP contribution in [0.1, 0.15) is 17.2 Å². The van der Waals surface area contributed by atoms with E-state index in [-0.39, 0.29) is 11.4 Å². The van der Waals surface area contributed by atoms with E-state index in [0.717, 1.165) is 0 Å². The molecule has 0 heterocycles. The summed E-state index contributed by atoms with van der Waals surface area (Å²) in [4.78, 5) is 22.2. The molecule has 0 saturated heterocycles. The van der Waals surface area contributed by atoms with Crippen molar-refractivity contribution < 1.29 is 19.6 Å². The maximum absolute atomic E-state index is 11.8. The van der Waals surface area contributed by atoms with Gasteiger partial charge in [-0.3, -0.25) is 14.9 Å². The lowest BCUT2D eigenvalue weighted by Gasteiger charge is -2.08. The number of methoxy groups -OCH3 is 1. The first-order chi connectivity index (χ1) is 11.5. The molecule has 0 aliphatic heterocycles. The third-order valence-corrected chi connectivity index (χ3v) is 3.15. The van der Waals surface area contributed by atoms with Crippen LogP contribution >= 0.6 is 0 Å². The van der Waals surface area contributed by atoms with Gasteiger partial charge in [-0.2, -0.15) is 5.10 Å². The predicted octanol–water partition coefficient (Wildman–Crippen LogP) is 1.79. The van der Waals surface area contributed by atoms with Crippen molar-refractivity contribution in [1.29, 1.82) is 0 Å². The van der Waals surface area contributed by atoms with Crippen LogP contribution in [-0.4, -0.2) is 29.3 Å². The molecule has 0 aliphatic carbocycles. The summed E-state index contributed by atoms with van der Waals surface area (Å²) in [5, 5.41) is 24.5. The van der Waals surface area contributed by atoms with Crippen LogP contribution in [0.4, 0.5) is 5.69 Å². The molecular formula is C16H15N3O5. The van der Waals surface area contributed by atoms with Crippen molar-refractivity contribution in [1.82, 2.24) is 5.43 Å². The third kappa shape index (κ3) is 4.14. The summed E-state index contributed by atoms with van der Waals surface area (Å²) in [6.45, 7) is 0. The van der Waals surface area contributed by atoms with Gasteiger partial charge < -0.3 is 9.84 Å². The topological polar surface area (TPSA) is 114 Å². The van der Waals surface area contributed by atoms with Gasteiger partial charge in [-0.15, -0.1) is 0 Å². The second-order valence-electron chi connectivity index (χ2n) is 4.74. The lowest BCUT2D eigenvalue weighted by molar-refractivity contribution is -0.385. The van der Waals surface area contributed by atoms with Crippen molar-refractivity contribution in [3.8, 4) is 5.75 Å². The molecular weight excluding hydrogens is 314 g/mol. The molecule has 1 atom stereocenters. The average Bonchev–Trinajstić information content (AvgIpc) is 2.61. The summed E-state index contributed by atoms with van der Waals surface area (Å²) in [6.07, 6.45) is -0.115. The van der Waals surface area contributed by atoms with Gasteiger partial charge in [0, 0.05) is 11.6 Å². The summed E-state index contributed by atoms with van der Waals surface area (Å²) in [5.41, 5.74) is 2.81. The van der Waals surface area contributed by atoms with Gasteiger partial charge in [-0.05, 0) is 17.7 Å². The fourth-order valence-corrected chi connectivity index (χ4v) is 1.95. The van der Waals surface area contributed by atoms with Crippen LogP contribution in [0.2, 0.25) is 0 Å². The summed E-state index contributed by atoms with van der Waals surface area (Å²) in [6, 6.07) is 12.6. The molecule has 2 aromatic carbocycles. The highest BCUT2D eigenvalue weighted by molar-refractivity contribution is 5.85.